The van der Waals surface area contributed by atoms with Crippen LogP contribution >= 0.6 is 0 Å². The first-order chi connectivity index (χ1) is 6.24. The zero-order chi connectivity index (χ0) is 11.4. The van der Waals surface area contributed by atoms with E-state index in [1.165, 1.54) is 0 Å². The van der Waals surface area contributed by atoms with Gasteiger partial charge < -0.3 is 9.84 Å². The minimum atomic E-state index is -0.907. The molecule has 0 rings (SSSR count). The topological polar surface area (TPSA) is 63.6 Å². The molecule has 0 saturated carbocycles. The summed E-state index contributed by atoms with van der Waals surface area (Å²) in [7, 11) is 3.39. The van der Waals surface area contributed by atoms with Crippen molar-refractivity contribution in [2.24, 2.45) is 5.92 Å². The standard InChI is InChI=1S/C9H17NO4/c1-7(2)9(13)14-6-10(3,4)5-8(11)12/h7H,5-6H2,1-4H3/p+1. The van der Waals surface area contributed by atoms with E-state index >= 15 is 0 Å². The monoisotopic (exact) mass is 204 g/mol. The van der Waals surface area contributed by atoms with Gasteiger partial charge in [0.1, 0.15) is 0 Å². The molecule has 0 saturated heterocycles. The third kappa shape index (κ3) is 5.53. The number of carboxylic acid groups (broad SMARTS) is 1. The fraction of sp³-hybridized carbons (Fsp3) is 0.778. The molecule has 0 aliphatic carbocycles. The number of rotatable bonds is 5. The van der Waals surface area contributed by atoms with Gasteiger partial charge in [0.2, 0.25) is 6.73 Å². The third-order valence-corrected chi connectivity index (χ3v) is 1.59. The van der Waals surface area contributed by atoms with E-state index in [4.69, 9.17) is 9.84 Å². The van der Waals surface area contributed by atoms with Gasteiger partial charge >= 0.3 is 11.9 Å². The second-order valence-electron chi connectivity index (χ2n) is 4.23. The summed E-state index contributed by atoms with van der Waals surface area (Å²) in [5.41, 5.74) is 0. The fourth-order valence-corrected chi connectivity index (χ4v) is 0.817. The van der Waals surface area contributed by atoms with E-state index in [2.05, 4.69) is 0 Å². The second kappa shape index (κ2) is 4.95. The highest BCUT2D eigenvalue weighted by Crippen LogP contribution is 2.01. The lowest BCUT2D eigenvalue weighted by Crippen LogP contribution is -2.46. The number of likely N-dealkylation sites (N-methyl/N-ethyl adjacent to an activating group) is 1. The lowest BCUT2D eigenvalue weighted by molar-refractivity contribution is -0.900. The number of hydrogen-bond acceptors (Lipinski definition) is 3. The number of quaternary nitrogens is 1. The Morgan fingerprint density at radius 1 is 1.36 bits per heavy atom. The van der Waals surface area contributed by atoms with E-state index in [1.54, 1.807) is 27.9 Å². The van der Waals surface area contributed by atoms with Gasteiger partial charge in [0.25, 0.3) is 0 Å². The number of esters is 1. The lowest BCUT2D eigenvalue weighted by Gasteiger charge is -2.26. The molecule has 0 aromatic rings. The number of aliphatic carboxylic acids is 1. The molecule has 0 aromatic heterocycles. The maximum atomic E-state index is 11.1. The predicted octanol–water partition coefficient (Wildman–Crippen LogP) is 0.304. The second-order valence-corrected chi connectivity index (χ2v) is 4.23. The molecule has 0 amide bonds. The van der Waals surface area contributed by atoms with Crippen LogP contribution in [-0.4, -0.2) is 48.9 Å². The van der Waals surface area contributed by atoms with Crippen LogP contribution in [0.15, 0.2) is 0 Å². The molecule has 0 aliphatic rings. The van der Waals surface area contributed by atoms with Gasteiger partial charge in [0, 0.05) is 0 Å². The van der Waals surface area contributed by atoms with E-state index in [0.29, 0.717) is 0 Å². The summed E-state index contributed by atoms with van der Waals surface area (Å²) in [6.45, 7) is 3.49. The third-order valence-electron chi connectivity index (χ3n) is 1.59. The van der Waals surface area contributed by atoms with Crippen LogP contribution in [0.5, 0.6) is 0 Å². The van der Waals surface area contributed by atoms with Gasteiger partial charge in [-0.3, -0.25) is 9.28 Å². The molecule has 0 heterocycles. The van der Waals surface area contributed by atoms with Crippen molar-refractivity contribution < 1.29 is 23.9 Å². The Kier molecular flexibility index (Phi) is 4.56. The van der Waals surface area contributed by atoms with E-state index in [1.807, 2.05) is 0 Å². The van der Waals surface area contributed by atoms with Gasteiger partial charge in [-0.1, -0.05) is 13.8 Å². The van der Waals surface area contributed by atoms with Crippen LogP contribution in [-0.2, 0) is 14.3 Å². The molecule has 0 unspecified atom stereocenters. The molecule has 82 valence electrons. The summed E-state index contributed by atoms with van der Waals surface area (Å²) in [4.78, 5) is 21.5. The van der Waals surface area contributed by atoms with Crippen LogP contribution < -0.4 is 0 Å². The largest absolute Gasteiger partial charge is 0.477 e. The molecule has 0 spiro atoms. The summed E-state index contributed by atoms with van der Waals surface area (Å²) < 4.78 is 5.07. The first-order valence-electron chi connectivity index (χ1n) is 4.45. The quantitative estimate of drug-likeness (QED) is 0.397. The summed E-state index contributed by atoms with van der Waals surface area (Å²) in [6, 6.07) is 0. The molecule has 0 bridgehead atoms. The van der Waals surface area contributed by atoms with Crippen LogP contribution in [0.3, 0.4) is 0 Å². The number of carbonyl (C=O) groups excluding carboxylic acids is 1. The molecule has 0 fully saturated rings. The lowest BCUT2D eigenvalue weighted by atomic mass is 10.2. The Hall–Kier alpha value is -1.10. The van der Waals surface area contributed by atoms with E-state index in [0.717, 1.165) is 0 Å². The number of hydrogen-bond donors (Lipinski definition) is 1. The first kappa shape index (κ1) is 12.9. The molecule has 0 radical (unpaired) electrons. The Bertz CT molecular complexity index is 223. The van der Waals surface area contributed by atoms with Crippen LogP contribution in [0.2, 0.25) is 0 Å². The highest BCUT2D eigenvalue weighted by molar-refractivity contribution is 5.71. The molecule has 14 heavy (non-hydrogen) atoms. The molecule has 1 N–H and O–H groups in total. The van der Waals surface area contributed by atoms with Crippen molar-refractivity contribution >= 4 is 11.9 Å². The first-order valence-corrected chi connectivity index (χ1v) is 4.45. The Labute approximate surface area is 83.9 Å². The molecule has 5 nitrogen and oxygen atoms in total. The maximum Gasteiger partial charge on any atom is 0.359 e. The minimum Gasteiger partial charge on any atom is -0.477 e. The summed E-state index contributed by atoms with van der Waals surface area (Å²) in [5, 5.41) is 8.57. The zero-order valence-corrected chi connectivity index (χ0v) is 9.11. The van der Waals surface area contributed by atoms with E-state index in [-0.39, 0.29) is 29.6 Å². The molecule has 0 aliphatic heterocycles. The van der Waals surface area contributed by atoms with Gasteiger partial charge in [0.05, 0.1) is 20.0 Å². The van der Waals surface area contributed by atoms with Crippen molar-refractivity contribution in [1.82, 2.24) is 0 Å². The SMILES string of the molecule is CC(C)C(=O)OC[N+](C)(C)CC(=O)O. The van der Waals surface area contributed by atoms with Crippen molar-refractivity contribution in [2.75, 3.05) is 27.4 Å². The van der Waals surface area contributed by atoms with Gasteiger partial charge in [-0.2, -0.15) is 0 Å². The fourth-order valence-electron chi connectivity index (χ4n) is 0.817. The van der Waals surface area contributed by atoms with Crippen molar-refractivity contribution in [3.05, 3.63) is 0 Å². The number of carboxylic acids is 1. The Morgan fingerprint density at radius 2 is 1.86 bits per heavy atom. The maximum absolute atomic E-state index is 11.1. The predicted molar refractivity (Wildman–Crippen MR) is 50.4 cm³/mol. The van der Waals surface area contributed by atoms with Crippen molar-refractivity contribution in [3.8, 4) is 0 Å². The van der Waals surface area contributed by atoms with Gasteiger partial charge in [-0.25, -0.2) is 4.79 Å². The Balaban J connectivity index is 3.98. The highest BCUT2D eigenvalue weighted by Gasteiger charge is 2.22. The number of ether oxygens (including phenoxy) is 1. The molecule has 5 heteroatoms. The summed E-state index contributed by atoms with van der Waals surface area (Å²) >= 11 is 0. The summed E-state index contributed by atoms with van der Waals surface area (Å²) in [6.07, 6.45) is 0. The minimum absolute atomic E-state index is 0.0641. The van der Waals surface area contributed by atoms with E-state index < -0.39 is 5.97 Å². The average Bonchev–Trinajstić information content (AvgIpc) is 1.97. The van der Waals surface area contributed by atoms with Gasteiger partial charge in [-0.05, 0) is 0 Å². The van der Waals surface area contributed by atoms with E-state index in [9.17, 15) is 9.59 Å². The number of carbonyl (C=O) groups is 2. The molecule has 0 aromatic carbocycles. The van der Waals surface area contributed by atoms with Crippen molar-refractivity contribution in [2.45, 2.75) is 13.8 Å². The van der Waals surface area contributed by atoms with Crippen LogP contribution in [0, 0.1) is 5.92 Å². The summed E-state index contributed by atoms with van der Waals surface area (Å²) in [5.74, 6) is -1.39. The van der Waals surface area contributed by atoms with Crippen LogP contribution in [0.1, 0.15) is 13.8 Å². The van der Waals surface area contributed by atoms with Crippen LogP contribution in [0.25, 0.3) is 0 Å². The smallest absolute Gasteiger partial charge is 0.359 e. The van der Waals surface area contributed by atoms with Crippen molar-refractivity contribution in [1.29, 1.82) is 0 Å². The zero-order valence-electron chi connectivity index (χ0n) is 9.11. The van der Waals surface area contributed by atoms with Crippen LogP contribution in [0.4, 0.5) is 0 Å². The van der Waals surface area contributed by atoms with Gasteiger partial charge in [-0.15, -0.1) is 0 Å². The van der Waals surface area contributed by atoms with Gasteiger partial charge in [0.15, 0.2) is 6.54 Å². The molecular weight excluding hydrogens is 186 g/mol. The number of nitrogens with zero attached hydrogens (tertiary/aromatic N) is 1. The normalized spacial score (nSPS) is 11.5. The molecular formula is C9H18NO4+. The molecule has 0 atom stereocenters. The average molecular weight is 204 g/mol. The Morgan fingerprint density at radius 3 is 2.21 bits per heavy atom. The van der Waals surface area contributed by atoms with Crippen molar-refractivity contribution in [3.63, 3.8) is 0 Å². The highest BCUT2D eigenvalue weighted by atomic mass is 16.5.